The number of aromatic nitrogens is 2. The summed E-state index contributed by atoms with van der Waals surface area (Å²) in [6, 6.07) is 6.04. The molecule has 2 heterocycles. The molecule has 0 bridgehead atoms. The lowest BCUT2D eigenvalue weighted by atomic mass is 10.0. The summed E-state index contributed by atoms with van der Waals surface area (Å²) in [6.07, 6.45) is -7.43. The second kappa shape index (κ2) is 6.11. The second-order valence-corrected chi connectivity index (χ2v) is 5.21. The van der Waals surface area contributed by atoms with Crippen molar-refractivity contribution in [2.45, 2.75) is 12.5 Å². The van der Waals surface area contributed by atoms with E-state index in [9.17, 15) is 26.3 Å². The normalized spacial score (nSPS) is 12.4. The van der Waals surface area contributed by atoms with E-state index in [1.54, 1.807) is 0 Å². The number of halogens is 6. The molecule has 0 saturated carbocycles. The fraction of sp³-hybridized carbons (Fsp3) is 0.188. The van der Waals surface area contributed by atoms with Gasteiger partial charge in [0.1, 0.15) is 17.1 Å². The van der Waals surface area contributed by atoms with Gasteiger partial charge in [-0.2, -0.15) is 18.3 Å². The van der Waals surface area contributed by atoms with Crippen LogP contribution >= 0.6 is 0 Å². The second-order valence-electron chi connectivity index (χ2n) is 5.21. The fourth-order valence-electron chi connectivity index (χ4n) is 2.47. The number of methoxy groups -OCH3 is 1. The number of fused-ring (bicyclic) bond motifs is 1. The van der Waals surface area contributed by atoms with Gasteiger partial charge in [0.05, 0.1) is 18.8 Å². The van der Waals surface area contributed by atoms with Gasteiger partial charge >= 0.3 is 12.5 Å². The van der Waals surface area contributed by atoms with E-state index in [1.165, 1.54) is 31.5 Å². The van der Waals surface area contributed by atoms with Crippen molar-refractivity contribution in [2.24, 2.45) is 0 Å². The zero-order valence-corrected chi connectivity index (χ0v) is 13.0. The predicted molar refractivity (Wildman–Crippen MR) is 78.9 cm³/mol. The summed E-state index contributed by atoms with van der Waals surface area (Å²) >= 11 is 0. The Balaban J connectivity index is 2.08. The van der Waals surface area contributed by atoms with Gasteiger partial charge in [0.15, 0.2) is 0 Å². The number of benzene rings is 1. The zero-order valence-electron chi connectivity index (χ0n) is 13.0. The Morgan fingerprint density at radius 3 is 2.35 bits per heavy atom. The van der Waals surface area contributed by atoms with Gasteiger partial charge in [0.2, 0.25) is 0 Å². The molecule has 0 saturated heterocycles. The summed E-state index contributed by atoms with van der Waals surface area (Å²) < 4.78 is 86.0. The summed E-state index contributed by atoms with van der Waals surface area (Å²) in [5.41, 5.74) is -0.485. The quantitative estimate of drug-likeness (QED) is 0.609. The first-order valence-electron chi connectivity index (χ1n) is 7.07. The Morgan fingerprint density at radius 2 is 1.73 bits per heavy atom. The Kier molecular flexibility index (Phi) is 4.21. The van der Waals surface area contributed by atoms with Crippen molar-refractivity contribution in [1.82, 2.24) is 9.61 Å². The molecule has 0 fully saturated rings. The number of nitrogens with zero attached hydrogens (tertiary/aromatic N) is 2. The SMILES string of the molecule is COc1cc(OC(F)(F)F)ccc1-c1ccn2ncc(C(F)(F)F)c2c1. The molecule has 4 nitrogen and oxygen atoms in total. The largest absolute Gasteiger partial charge is 0.573 e. The van der Waals surface area contributed by atoms with Gasteiger partial charge in [-0.1, -0.05) is 0 Å². The van der Waals surface area contributed by atoms with Crippen LogP contribution in [0.15, 0.2) is 42.7 Å². The molecule has 0 spiro atoms. The molecular formula is C16H10F6N2O2. The fourth-order valence-corrected chi connectivity index (χ4v) is 2.47. The third kappa shape index (κ3) is 3.53. The molecule has 1 aromatic carbocycles. The molecule has 0 aliphatic rings. The summed E-state index contributed by atoms with van der Waals surface area (Å²) in [4.78, 5) is 0. The van der Waals surface area contributed by atoms with Crippen LogP contribution in [0.4, 0.5) is 26.3 Å². The van der Waals surface area contributed by atoms with Crippen molar-refractivity contribution >= 4 is 5.52 Å². The van der Waals surface area contributed by atoms with Crippen LogP contribution in [0.25, 0.3) is 16.6 Å². The lowest BCUT2D eigenvalue weighted by molar-refractivity contribution is -0.274. The number of alkyl halides is 6. The first kappa shape index (κ1) is 17.9. The molecule has 3 aromatic rings. The maximum absolute atomic E-state index is 13.0. The molecular weight excluding hydrogens is 366 g/mol. The van der Waals surface area contributed by atoms with Crippen LogP contribution in [0.1, 0.15) is 5.56 Å². The number of ether oxygens (including phenoxy) is 2. The highest BCUT2D eigenvalue weighted by Crippen LogP contribution is 2.37. The van der Waals surface area contributed by atoms with Crippen molar-refractivity contribution in [3.63, 3.8) is 0 Å². The van der Waals surface area contributed by atoms with E-state index in [0.29, 0.717) is 17.3 Å². The maximum Gasteiger partial charge on any atom is 0.573 e. The van der Waals surface area contributed by atoms with Crippen molar-refractivity contribution in [1.29, 1.82) is 0 Å². The molecule has 138 valence electrons. The topological polar surface area (TPSA) is 35.8 Å². The van der Waals surface area contributed by atoms with E-state index in [-0.39, 0.29) is 11.3 Å². The first-order valence-corrected chi connectivity index (χ1v) is 7.07. The van der Waals surface area contributed by atoms with Crippen LogP contribution in [0, 0.1) is 0 Å². The van der Waals surface area contributed by atoms with Gasteiger partial charge < -0.3 is 9.47 Å². The molecule has 3 rings (SSSR count). The highest BCUT2D eigenvalue weighted by molar-refractivity contribution is 5.76. The lowest BCUT2D eigenvalue weighted by Crippen LogP contribution is -2.17. The number of hydrogen-bond acceptors (Lipinski definition) is 3. The van der Waals surface area contributed by atoms with Crippen LogP contribution in [0.2, 0.25) is 0 Å². The van der Waals surface area contributed by atoms with E-state index in [4.69, 9.17) is 4.74 Å². The Bertz CT molecular complexity index is 946. The monoisotopic (exact) mass is 376 g/mol. The van der Waals surface area contributed by atoms with Crippen LogP contribution in [0.3, 0.4) is 0 Å². The molecule has 0 aliphatic heterocycles. The highest BCUT2D eigenvalue weighted by atomic mass is 19.4. The molecule has 0 atom stereocenters. The average molecular weight is 376 g/mol. The molecule has 26 heavy (non-hydrogen) atoms. The Morgan fingerprint density at radius 1 is 1.00 bits per heavy atom. The third-order valence-corrected chi connectivity index (χ3v) is 3.54. The van der Waals surface area contributed by atoms with Gasteiger partial charge in [0, 0.05) is 17.8 Å². The van der Waals surface area contributed by atoms with Gasteiger partial charge in [-0.25, -0.2) is 4.52 Å². The van der Waals surface area contributed by atoms with Crippen molar-refractivity contribution in [2.75, 3.05) is 7.11 Å². The van der Waals surface area contributed by atoms with E-state index in [1.807, 2.05) is 0 Å². The minimum absolute atomic E-state index is 0.0178. The smallest absolute Gasteiger partial charge is 0.496 e. The van der Waals surface area contributed by atoms with E-state index >= 15 is 0 Å². The summed E-state index contributed by atoms with van der Waals surface area (Å²) in [5.74, 6) is -0.483. The number of rotatable bonds is 3. The molecule has 0 unspecified atom stereocenters. The van der Waals surface area contributed by atoms with E-state index < -0.39 is 23.9 Å². The van der Waals surface area contributed by atoms with Gasteiger partial charge in [-0.15, -0.1) is 13.2 Å². The van der Waals surface area contributed by atoms with Crippen molar-refractivity contribution < 1.29 is 35.8 Å². The maximum atomic E-state index is 13.0. The molecule has 0 N–H and O–H groups in total. The van der Waals surface area contributed by atoms with Crippen LogP contribution in [-0.2, 0) is 6.18 Å². The van der Waals surface area contributed by atoms with Gasteiger partial charge in [-0.3, -0.25) is 0 Å². The summed E-state index contributed by atoms with van der Waals surface area (Å²) in [7, 11) is 1.23. The van der Waals surface area contributed by atoms with Crippen LogP contribution in [0.5, 0.6) is 11.5 Å². The van der Waals surface area contributed by atoms with E-state index in [0.717, 1.165) is 16.6 Å². The van der Waals surface area contributed by atoms with Crippen molar-refractivity contribution in [3.8, 4) is 22.6 Å². The molecule has 0 aliphatic carbocycles. The average Bonchev–Trinajstić information content (AvgIpc) is 2.96. The summed E-state index contributed by atoms with van der Waals surface area (Å²) in [6.45, 7) is 0. The van der Waals surface area contributed by atoms with Crippen molar-refractivity contribution in [3.05, 3.63) is 48.3 Å². The highest BCUT2D eigenvalue weighted by Gasteiger charge is 2.34. The molecule has 0 radical (unpaired) electrons. The first-order chi connectivity index (χ1) is 12.1. The molecule has 10 heteroatoms. The van der Waals surface area contributed by atoms with Crippen LogP contribution in [-0.4, -0.2) is 23.1 Å². The zero-order chi connectivity index (χ0) is 19.1. The number of hydrogen-bond donors (Lipinski definition) is 0. The number of pyridine rings is 1. The predicted octanol–water partition coefficient (Wildman–Crippen LogP) is 4.93. The summed E-state index contributed by atoms with van der Waals surface area (Å²) in [5, 5.41) is 3.64. The molecule has 2 aromatic heterocycles. The Hall–Kier alpha value is -2.91. The lowest BCUT2D eigenvalue weighted by Gasteiger charge is -2.13. The van der Waals surface area contributed by atoms with Gasteiger partial charge in [0.25, 0.3) is 0 Å². The third-order valence-electron chi connectivity index (χ3n) is 3.54. The molecule has 0 amide bonds. The Labute approximate surface area is 142 Å². The minimum atomic E-state index is -4.87. The minimum Gasteiger partial charge on any atom is -0.496 e. The van der Waals surface area contributed by atoms with E-state index in [2.05, 4.69) is 9.84 Å². The standard InChI is InChI=1S/C16H10F6N2O2/c1-25-14-7-10(26-16(20,21)22)2-3-11(14)9-4-5-24-13(6-9)12(8-23-24)15(17,18)19/h2-8H,1H3. The van der Waals surface area contributed by atoms with Crippen LogP contribution < -0.4 is 9.47 Å². The van der Waals surface area contributed by atoms with Gasteiger partial charge in [-0.05, 0) is 29.8 Å².